The molecule has 0 atom stereocenters. The molecule has 0 saturated heterocycles. The molecule has 2 heteroatoms. The van der Waals surface area contributed by atoms with E-state index in [4.69, 9.17) is 9.98 Å². The van der Waals surface area contributed by atoms with E-state index >= 15 is 0 Å². The summed E-state index contributed by atoms with van der Waals surface area (Å²) in [5.41, 5.74) is 6.55. The van der Waals surface area contributed by atoms with Crippen molar-refractivity contribution in [2.24, 2.45) is 9.98 Å². The van der Waals surface area contributed by atoms with Crippen molar-refractivity contribution >= 4 is 22.8 Å². The second kappa shape index (κ2) is 7.69. The Morgan fingerprint density at radius 2 is 1.05 bits per heavy atom. The van der Waals surface area contributed by atoms with Crippen LogP contribution in [0.1, 0.15) is 38.8 Å². The second-order valence-corrected chi connectivity index (χ2v) is 5.36. The molecule has 0 unspecified atom stereocenters. The topological polar surface area (TPSA) is 24.7 Å². The summed E-state index contributed by atoms with van der Waals surface area (Å²) in [4.78, 5) is 9.53. The number of hydrogen-bond donors (Lipinski definition) is 0. The van der Waals surface area contributed by atoms with E-state index in [-0.39, 0.29) is 0 Å². The summed E-state index contributed by atoms with van der Waals surface area (Å²) in [7, 11) is 0. The van der Waals surface area contributed by atoms with Crippen LogP contribution < -0.4 is 0 Å². The molecule has 2 nitrogen and oxygen atoms in total. The van der Waals surface area contributed by atoms with Crippen molar-refractivity contribution in [1.29, 1.82) is 0 Å². The molecule has 0 bridgehead atoms. The first kappa shape index (κ1) is 16.2. The van der Waals surface area contributed by atoms with E-state index in [2.05, 4.69) is 50.2 Å². The molecule has 0 heterocycles. The predicted molar refractivity (Wildman–Crippen MR) is 97.2 cm³/mol. The van der Waals surface area contributed by atoms with E-state index in [1.165, 1.54) is 11.1 Å². The van der Waals surface area contributed by atoms with Crippen LogP contribution in [0.4, 0.5) is 11.4 Å². The highest BCUT2D eigenvalue weighted by Gasteiger charge is 2.03. The van der Waals surface area contributed by atoms with E-state index in [0.29, 0.717) is 0 Å². The Kier molecular flexibility index (Phi) is 5.65. The number of aliphatic imine (C=N–C) groups is 2. The molecule has 0 aliphatic heterocycles. The van der Waals surface area contributed by atoms with Crippen molar-refractivity contribution < 1.29 is 0 Å². The molecule has 2 rings (SSSR count). The largest absolute Gasteiger partial charge is 0.252 e. The SMILES string of the molecule is CCc1ccccc1N=C(C)C(C)=Nc1ccccc1CC. The molecule has 0 radical (unpaired) electrons. The molecule has 114 valence electrons. The standard InChI is InChI=1S/C20H24N2/c1-5-17-11-7-9-13-19(17)21-15(3)16(4)22-20-14-10-8-12-18(20)6-2/h7-14H,5-6H2,1-4H3. The van der Waals surface area contributed by atoms with Crippen LogP contribution in [0.5, 0.6) is 0 Å². The van der Waals surface area contributed by atoms with Gasteiger partial charge in [0.1, 0.15) is 0 Å². The summed E-state index contributed by atoms with van der Waals surface area (Å²) >= 11 is 0. The van der Waals surface area contributed by atoms with E-state index in [9.17, 15) is 0 Å². The van der Waals surface area contributed by atoms with Gasteiger partial charge in [0.15, 0.2) is 0 Å². The Bertz CT molecular complexity index is 635. The molecule has 0 aliphatic rings. The van der Waals surface area contributed by atoms with Crippen molar-refractivity contribution in [2.75, 3.05) is 0 Å². The van der Waals surface area contributed by atoms with Crippen LogP contribution in [-0.2, 0) is 12.8 Å². The summed E-state index contributed by atoms with van der Waals surface area (Å²) in [6, 6.07) is 16.6. The number of rotatable bonds is 5. The van der Waals surface area contributed by atoms with Gasteiger partial charge in [0.25, 0.3) is 0 Å². The highest BCUT2D eigenvalue weighted by Crippen LogP contribution is 2.21. The Balaban J connectivity index is 2.33. The van der Waals surface area contributed by atoms with Crippen molar-refractivity contribution in [1.82, 2.24) is 0 Å². The molecule has 0 fully saturated rings. The second-order valence-electron chi connectivity index (χ2n) is 5.36. The highest BCUT2D eigenvalue weighted by atomic mass is 14.8. The molecule has 2 aromatic rings. The molecular formula is C20H24N2. The summed E-state index contributed by atoms with van der Waals surface area (Å²) in [5, 5.41) is 0. The van der Waals surface area contributed by atoms with Crippen molar-refractivity contribution in [3.63, 3.8) is 0 Å². The summed E-state index contributed by atoms with van der Waals surface area (Å²) < 4.78 is 0. The number of hydrogen-bond acceptors (Lipinski definition) is 2. The zero-order chi connectivity index (χ0) is 15.9. The van der Waals surface area contributed by atoms with Crippen LogP contribution in [0.3, 0.4) is 0 Å². The summed E-state index contributed by atoms with van der Waals surface area (Å²) in [6.45, 7) is 8.36. The number of para-hydroxylation sites is 2. The quantitative estimate of drug-likeness (QED) is 0.632. The van der Waals surface area contributed by atoms with Crippen LogP contribution in [0.2, 0.25) is 0 Å². The first-order valence-electron chi connectivity index (χ1n) is 7.92. The van der Waals surface area contributed by atoms with Crippen molar-refractivity contribution in [2.45, 2.75) is 40.5 Å². The first-order chi connectivity index (χ1) is 10.7. The lowest BCUT2D eigenvalue weighted by Gasteiger charge is -2.07. The van der Waals surface area contributed by atoms with E-state index in [0.717, 1.165) is 35.6 Å². The fraction of sp³-hybridized carbons (Fsp3) is 0.300. The third-order valence-electron chi connectivity index (χ3n) is 3.84. The van der Waals surface area contributed by atoms with Gasteiger partial charge >= 0.3 is 0 Å². The minimum Gasteiger partial charge on any atom is -0.252 e. The molecule has 2 aromatic carbocycles. The minimum absolute atomic E-state index is 0.965. The maximum atomic E-state index is 4.77. The Morgan fingerprint density at radius 1 is 0.682 bits per heavy atom. The van der Waals surface area contributed by atoms with Gasteiger partial charge in [0.05, 0.1) is 22.8 Å². The van der Waals surface area contributed by atoms with Crippen LogP contribution in [0, 0.1) is 0 Å². The van der Waals surface area contributed by atoms with E-state index in [1.807, 2.05) is 26.0 Å². The minimum atomic E-state index is 0.965. The molecule has 0 spiro atoms. The zero-order valence-corrected chi connectivity index (χ0v) is 13.9. The predicted octanol–water partition coefficient (Wildman–Crippen LogP) is 5.70. The normalized spacial score (nSPS) is 12.5. The van der Waals surface area contributed by atoms with E-state index in [1.54, 1.807) is 0 Å². The Labute approximate surface area is 133 Å². The van der Waals surface area contributed by atoms with Crippen molar-refractivity contribution in [3.05, 3.63) is 59.7 Å². The van der Waals surface area contributed by atoms with Gasteiger partial charge in [-0.2, -0.15) is 0 Å². The third-order valence-corrected chi connectivity index (χ3v) is 3.84. The molecule has 0 amide bonds. The highest BCUT2D eigenvalue weighted by molar-refractivity contribution is 6.41. The fourth-order valence-electron chi connectivity index (χ4n) is 2.36. The number of benzene rings is 2. The fourth-order valence-corrected chi connectivity index (χ4v) is 2.36. The maximum absolute atomic E-state index is 4.77. The summed E-state index contributed by atoms with van der Waals surface area (Å²) in [6.07, 6.45) is 1.98. The van der Waals surface area contributed by atoms with Gasteiger partial charge in [0, 0.05) is 0 Å². The molecule has 0 N–H and O–H groups in total. The van der Waals surface area contributed by atoms with Gasteiger partial charge in [0.2, 0.25) is 0 Å². The lowest BCUT2D eigenvalue weighted by Crippen LogP contribution is -2.05. The average molecular weight is 292 g/mol. The van der Waals surface area contributed by atoms with Crippen LogP contribution >= 0.6 is 0 Å². The number of aryl methyl sites for hydroxylation is 2. The first-order valence-corrected chi connectivity index (χ1v) is 7.92. The average Bonchev–Trinajstić information content (AvgIpc) is 2.55. The van der Waals surface area contributed by atoms with Gasteiger partial charge in [-0.25, -0.2) is 0 Å². The van der Waals surface area contributed by atoms with E-state index < -0.39 is 0 Å². The lowest BCUT2D eigenvalue weighted by molar-refractivity contribution is 1.13. The van der Waals surface area contributed by atoms with Gasteiger partial charge in [-0.3, -0.25) is 9.98 Å². The molecule has 22 heavy (non-hydrogen) atoms. The molecular weight excluding hydrogens is 268 g/mol. The van der Waals surface area contributed by atoms with Gasteiger partial charge in [-0.05, 0) is 49.9 Å². The smallest absolute Gasteiger partial charge is 0.0665 e. The van der Waals surface area contributed by atoms with Gasteiger partial charge in [-0.15, -0.1) is 0 Å². The molecule has 0 aliphatic carbocycles. The van der Waals surface area contributed by atoms with Crippen LogP contribution in [0.15, 0.2) is 58.5 Å². The number of nitrogens with zero attached hydrogens (tertiary/aromatic N) is 2. The monoisotopic (exact) mass is 292 g/mol. The molecule has 0 saturated carbocycles. The van der Waals surface area contributed by atoms with Gasteiger partial charge in [-0.1, -0.05) is 50.2 Å². The molecule has 0 aromatic heterocycles. The summed E-state index contributed by atoms with van der Waals surface area (Å²) in [5.74, 6) is 0. The maximum Gasteiger partial charge on any atom is 0.0665 e. The zero-order valence-electron chi connectivity index (χ0n) is 13.9. The van der Waals surface area contributed by atoms with Crippen molar-refractivity contribution in [3.8, 4) is 0 Å². The Hall–Kier alpha value is -2.22. The third kappa shape index (κ3) is 3.91. The van der Waals surface area contributed by atoms with Crippen LogP contribution in [0.25, 0.3) is 0 Å². The Morgan fingerprint density at radius 3 is 1.41 bits per heavy atom. The van der Waals surface area contributed by atoms with Crippen LogP contribution in [-0.4, -0.2) is 11.4 Å². The lowest BCUT2D eigenvalue weighted by atomic mass is 10.1. The van der Waals surface area contributed by atoms with Gasteiger partial charge < -0.3 is 0 Å².